The van der Waals surface area contributed by atoms with E-state index in [0.717, 1.165) is 22.4 Å². The fourth-order valence-corrected chi connectivity index (χ4v) is 3.36. The molecule has 1 N–H and O–H groups in total. The number of hydrogen-bond acceptors (Lipinski definition) is 8. The van der Waals surface area contributed by atoms with Crippen molar-refractivity contribution in [3.05, 3.63) is 35.5 Å². The number of pyridine rings is 1. The van der Waals surface area contributed by atoms with E-state index >= 15 is 0 Å². The van der Waals surface area contributed by atoms with Gasteiger partial charge in [0.1, 0.15) is 5.60 Å². The standard InChI is InChI=1S/C24H34N4O5/c1-15-12-18(21-27-26-20(32-21)16(2)14-31-24(6,7)30)13-25-19(15)17-8-10-28(11-9-17)22(29)33-23(3,4)5/h8,12-13,16,30H,9-11,14H2,1-7H3/t16-/m0/s1. The summed E-state index contributed by atoms with van der Waals surface area (Å²) in [6.45, 7) is 14.0. The number of hydrogen-bond donors (Lipinski definition) is 1. The first-order chi connectivity index (χ1) is 15.3. The van der Waals surface area contributed by atoms with Crippen LogP contribution < -0.4 is 0 Å². The van der Waals surface area contributed by atoms with Crippen molar-refractivity contribution in [2.75, 3.05) is 19.7 Å². The van der Waals surface area contributed by atoms with Crippen LogP contribution in [0.25, 0.3) is 17.0 Å². The summed E-state index contributed by atoms with van der Waals surface area (Å²) in [4.78, 5) is 18.6. The van der Waals surface area contributed by atoms with E-state index in [-0.39, 0.29) is 18.6 Å². The Kier molecular flexibility index (Phi) is 7.23. The molecule has 0 saturated heterocycles. The first kappa shape index (κ1) is 24.9. The number of aryl methyl sites for hydroxylation is 1. The number of carbonyl (C=O) groups excluding carboxylic acids is 1. The summed E-state index contributed by atoms with van der Waals surface area (Å²) < 4.78 is 16.7. The fourth-order valence-electron chi connectivity index (χ4n) is 3.36. The van der Waals surface area contributed by atoms with E-state index in [0.29, 0.717) is 31.3 Å². The Morgan fingerprint density at radius 1 is 1.27 bits per heavy atom. The quantitative estimate of drug-likeness (QED) is 0.638. The zero-order chi connectivity index (χ0) is 24.4. The van der Waals surface area contributed by atoms with E-state index in [4.69, 9.17) is 13.9 Å². The molecule has 33 heavy (non-hydrogen) atoms. The molecule has 3 rings (SSSR count). The number of carbonyl (C=O) groups is 1. The maximum absolute atomic E-state index is 12.3. The number of amides is 1. The second-order valence-electron chi connectivity index (χ2n) is 9.90. The molecular weight excluding hydrogens is 424 g/mol. The minimum absolute atomic E-state index is 0.161. The van der Waals surface area contributed by atoms with Gasteiger partial charge in [0.2, 0.25) is 11.8 Å². The van der Waals surface area contributed by atoms with Crippen molar-refractivity contribution in [1.82, 2.24) is 20.1 Å². The molecule has 1 amide bonds. The summed E-state index contributed by atoms with van der Waals surface area (Å²) >= 11 is 0. The molecular formula is C24H34N4O5. The van der Waals surface area contributed by atoms with Crippen LogP contribution in [0.1, 0.15) is 71.0 Å². The highest BCUT2D eigenvalue weighted by atomic mass is 16.6. The Morgan fingerprint density at radius 2 is 2.00 bits per heavy atom. The van der Waals surface area contributed by atoms with Gasteiger partial charge in [-0.05, 0) is 65.2 Å². The van der Waals surface area contributed by atoms with Gasteiger partial charge in [0.15, 0.2) is 5.79 Å². The molecule has 9 nitrogen and oxygen atoms in total. The van der Waals surface area contributed by atoms with E-state index in [1.807, 2.05) is 46.8 Å². The highest BCUT2D eigenvalue weighted by Gasteiger charge is 2.25. The molecule has 180 valence electrons. The minimum Gasteiger partial charge on any atom is -0.444 e. The van der Waals surface area contributed by atoms with Crippen molar-refractivity contribution in [3.8, 4) is 11.5 Å². The molecule has 0 radical (unpaired) electrons. The van der Waals surface area contributed by atoms with Gasteiger partial charge in [-0.25, -0.2) is 4.79 Å². The summed E-state index contributed by atoms with van der Waals surface area (Å²) in [5, 5.41) is 18.0. The van der Waals surface area contributed by atoms with Crippen molar-refractivity contribution < 1.29 is 23.8 Å². The predicted octanol–water partition coefficient (Wildman–Crippen LogP) is 4.31. The van der Waals surface area contributed by atoms with Gasteiger partial charge in [-0.3, -0.25) is 4.98 Å². The lowest BCUT2D eigenvalue weighted by atomic mass is 10.00. The first-order valence-electron chi connectivity index (χ1n) is 11.2. The van der Waals surface area contributed by atoms with Gasteiger partial charge in [-0.15, -0.1) is 10.2 Å². The maximum Gasteiger partial charge on any atom is 0.410 e. The Morgan fingerprint density at radius 3 is 2.58 bits per heavy atom. The van der Waals surface area contributed by atoms with Gasteiger partial charge >= 0.3 is 6.09 Å². The summed E-state index contributed by atoms with van der Waals surface area (Å²) in [5.41, 5.74) is 3.21. The van der Waals surface area contributed by atoms with Crippen molar-refractivity contribution in [2.45, 2.75) is 72.2 Å². The molecule has 3 heterocycles. The normalized spacial score (nSPS) is 15.9. The lowest BCUT2D eigenvalue weighted by Crippen LogP contribution is -2.39. The lowest BCUT2D eigenvalue weighted by molar-refractivity contribution is -0.179. The number of aromatic nitrogens is 3. The van der Waals surface area contributed by atoms with Gasteiger partial charge in [-0.1, -0.05) is 13.0 Å². The van der Waals surface area contributed by atoms with Gasteiger partial charge in [-0.2, -0.15) is 0 Å². The maximum atomic E-state index is 12.3. The molecule has 0 aliphatic carbocycles. The van der Waals surface area contributed by atoms with Crippen molar-refractivity contribution in [1.29, 1.82) is 0 Å². The molecule has 2 aromatic rings. The summed E-state index contributed by atoms with van der Waals surface area (Å²) in [7, 11) is 0. The van der Waals surface area contributed by atoms with Crippen LogP contribution in [0.3, 0.4) is 0 Å². The monoisotopic (exact) mass is 458 g/mol. The van der Waals surface area contributed by atoms with Crippen LogP contribution in [-0.2, 0) is 9.47 Å². The topological polar surface area (TPSA) is 111 Å². The molecule has 0 aromatic carbocycles. The fraction of sp³-hybridized carbons (Fsp3) is 0.583. The zero-order valence-electron chi connectivity index (χ0n) is 20.5. The predicted molar refractivity (Wildman–Crippen MR) is 123 cm³/mol. The average molecular weight is 459 g/mol. The molecule has 0 fully saturated rings. The lowest BCUT2D eigenvalue weighted by Gasteiger charge is -2.29. The summed E-state index contributed by atoms with van der Waals surface area (Å²) in [5.74, 6) is -0.554. The summed E-state index contributed by atoms with van der Waals surface area (Å²) in [6, 6.07) is 1.97. The molecule has 0 saturated carbocycles. The van der Waals surface area contributed by atoms with Gasteiger partial charge in [0.05, 0.1) is 23.8 Å². The van der Waals surface area contributed by atoms with Crippen LogP contribution in [0.4, 0.5) is 4.79 Å². The second-order valence-corrected chi connectivity index (χ2v) is 9.90. The van der Waals surface area contributed by atoms with Crippen LogP contribution in [0.5, 0.6) is 0 Å². The third kappa shape index (κ3) is 6.85. The van der Waals surface area contributed by atoms with Gasteiger partial charge in [0, 0.05) is 19.3 Å². The first-order valence-corrected chi connectivity index (χ1v) is 11.2. The molecule has 1 aliphatic rings. The number of ether oxygens (including phenoxy) is 2. The molecule has 0 spiro atoms. The Bertz CT molecular complexity index is 1020. The number of aliphatic hydroxyl groups is 1. The average Bonchev–Trinajstić information content (AvgIpc) is 3.21. The van der Waals surface area contributed by atoms with Gasteiger partial charge < -0.3 is 23.9 Å². The summed E-state index contributed by atoms with van der Waals surface area (Å²) in [6.07, 6.45) is 4.15. The van der Waals surface area contributed by atoms with Crippen LogP contribution in [0, 0.1) is 6.92 Å². The molecule has 0 unspecified atom stereocenters. The smallest absolute Gasteiger partial charge is 0.410 e. The Hall–Kier alpha value is -2.78. The third-order valence-corrected chi connectivity index (χ3v) is 5.04. The highest BCUT2D eigenvalue weighted by molar-refractivity contribution is 5.73. The molecule has 1 atom stereocenters. The third-order valence-electron chi connectivity index (χ3n) is 5.04. The SMILES string of the molecule is Cc1cc(-c2nnc([C@@H](C)COC(C)(C)O)o2)cnc1C1=CCN(C(=O)OC(C)(C)C)CC1. The van der Waals surface area contributed by atoms with Crippen molar-refractivity contribution in [2.24, 2.45) is 0 Å². The second kappa shape index (κ2) is 9.61. The van der Waals surface area contributed by atoms with E-state index in [2.05, 4.69) is 15.2 Å². The zero-order valence-corrected chi connectivity index (χ0v) is 20.5. The van der Waals surface area contributed by atoms with E-state index < -0.39 is 11.4 Å². The number of nitrogens with zero attached hydrogens (tertiary/aromatic N) is 4. The molecule has 2 aromatic heterocycles. The Labute approximate surface area is 194 Å². The molecule has 9 heteroatoms. The van der Waals surface area contributed by atoms with E-state index in [1.54, 1.807) is 24.9 Å². The Balaban J connectivity index is 1.68. The van der Waals surface area contributed by atoms with Crippen LogP contribution in [0.2, 0.25) is 0 Å². The van der Waals surface area contributed by atoms with E-state index in [1.165, 1.54) is 0 Å². The minimum atomic E-state index is -1.22. The van der Waals surface area contributed by atoms with Crippen molar-refractivity contribution >= 4 is 11.7 Å². The molecule has 0 bridgehead atoms. The van der Waals surface area contributed by atoms with Crippen LogP contribution in [-0.4, -0.2) is 62.4 Å². The van der Waals surface area contributed by atoms with Crippen molar-refractivity contribution in [3.63, 3.8) is 0 Å². The van der Waals surface area contributed by atoms with E-state index in [9.17, 15) is 9.90 Å². The van der Waals surface area contributed by atoms with Crippen LogP contribution >= 0.6 is 0 Å². The largest absolute Gasteiger partial charge is 0.444 e. The number of rotatable bonds is 6. The van der Waals surface area contributed by atoms with Crippen LogP contribution in [0.15, 0.2) is 22.8 Å². The molecule has 1 aliphatic heterocycles. The van der Waals surface area contributed by atoms with Gasteiger partial charge in [0.25, 0.3) is 0 Å². The highest BCUT2D eigenvalue weighted by Crippen LogP contribution is 2.28.